The number of rotatable bonds is 7. The van der Waals surface area contributed by atoms with Crippen molar-refractivity contribution in [2.45, 2.75) is 56.2 Å². The summed E-state index contributed by atoms with van der Waals surface area (Å²) in [7, 11) is -3.91. The standard InChI is InChI=1S/C12H19F3N2O2S2/c1-8(2)16-7-10-4-5-11(20-10)21(18,19)17-9(3)6-12(13,14)15/h4-5,8-9,16-17H,6-7H2,1-3H3. The van der Waals surface area contributed by atoms with Gasteiger partial charge in [0.05, 0.1) is 6.42 Å². The van der Waals surface area contributed by atoms with Crippen molar-refractivity contribution in [1.82, 2.24) is 10.0 Å². The van der Waals surface area contributed by atoms with E-state index in [4.69, 9.17) is 0 Å². The van der Waals surface area contributed by atoms with Crippen molar-refractivity contribution in [3.05, 3.63) is 17.0 Å². The summed E-state index contributed by atoms with van der Waals surface area (Å²) < 4.78 is 62.7. The number of alkyl halides is 3. The maximum Gasteiger partial charge on any atom is 0.390 e. The molecule has 0 aliphatic rings. The minimum absolute atomic E-state index is 0.0251. The molecular weight excluding hydrogens is 325 g/mol. The molecule has 9 heteroatoms. The molecule has 2 N–H and O–H groups in total. The zero-order valence-electron chi connectivity index (χ0n) is 12.0. The molecule has 0 amide bonds. The molecule has 0 spiro atoms. The van der Waals surface area contributed by atoms with Gasteiger partial charge in [-0.1, -0.05) is 13.8 Å². The Morgan fingerprint density at radius 3 is 2.38 bits per heavy atom. The molecule has 0 aliphatic carbocycles. The van der Waals surface area contributed by atoms with Crippen LogP contribution in [-0.2, 0) is 16.6 Å². The zero-order chi connectivity index (χ0) is 16.3. The van der Waals surface area contributed by atoms with Crippen LogP contribution in [0.2, 0.25) is 0 Å². The van der Waals surface area contributed by atoms with Gasteiger partial charge in [-0.15, -0.1) is 11.3 Å². The molecular formula is C12H19F3N2O2S2. The molecule has 1 heterocycles. The highest BCUT2D eigenvalue weighted by Crippen LogP contribution is 2.25. The fourth-order valence-electron chi connectivity index (χ4n) is 1.61. The van der Waals surface area contributed by atoms with Gasteiger partial charge in [0.1, 0.15) is 4.21 Å². The lowest BCUT2D eigenvalue weighted by Crippen LogP contribution is -2.35. The molecule has 0 saturated heterocycles. The molecule has 0 fully saturated rings. The quantitative estimate of drug-likeness (QED) is 0.800. The number of nitrogens with one attached hydrogen (secondary N) is 2. The molecule has 21 heavy (non-hydrogen) atoms. The third-order valence-electron chi connectivity index (χ3n) is 2.48. The predicted octanol–water partition coefficient (Wildman–Crippen LogP) is 2.87. The molecule has 4 nitrogen and oxygen atoms in total. The van der Waals surface area contributed by atoms with Crippen molar-refractivity contribution in [3.8, 4) is 0 Å². The summed E-state index contributed by atoms with van der Waals surface area (Å²) in [6.45, 7) is 5.65. The van der Waals surface area contributed by atoms with E-state index in [0.29, 0.717) is 6.54 Å². The van der Waals surface area contributed by atoms with Gasteiger partial charge in [-0.2, -0.15) is 13.2 Å². The van der Waals surface area contributed by atoms with Gasteiger partial charge in [-0.3, -0.25) is 0 Å². The summed E-state index contributed by atoms with van der Waals surface area (Å²) in [6.07, 6.45) is -5.59. The molecule has 1 aromatic rings. The van der Waals surface area contributed by atoms with Crippen LogP contribution in [0.3, 0.4) is 0 Å². The Bertz CT molecular complexity index is 553. The van der Waals surface area contributed by atoms with Crippen molar-refractivity contribution < 1.29 is 21.6 Å². The highest BCUT2D eigenvalue weighted by molar-refractivity contribution is 7.91. The Morgan fingerprint density at radius 1 is 1.24 bits per heavy atom. The molecule has 0 aromatic carbocycles. The van der Waals surface area contributed by atoms with E-state index in [1.54, 1.807) is 6.07 Å². The van der Waals surface area contributed by atoms with E-state index in [9.17, 15) is 21.6 Å². The van der Waals surface area contributed by atoms with E-state index in [1.165, 1.54) is 13.0 Å². The number of hydrogen-bond donors (Lipinski definition) is 2. The monoisotopic (exact) mass is 344 g/mol. The van der Waals surface area contributed by atoms with Crippen LogP contribution >= 0.6 is 11.3 Å². The van der Waals surface area contributed by atoms with E-state index < -0.39 is 28.7 Å². The van der Waals surface area contributed by atoms with E-state index in [2.05, 4.69) is 5.32 Å². The largest absolute Gasteiger partial charge is 0.390 e. The van der Waals surface area contributed by atoms with E-state index in [1.807, 2.05) is 18.6 Å². The van der Waals surface area contributed by atoms with Crippen molar-refractivity contribution in [3.63, 3.8) is 0 Å². The minimum atomic E-state index is -4.40. The number of halogens is 3. The molecule has 0 saturated carbocycles. The summed E-state index contributed by atoms with van der Waals surface area (Å²) in [5.74, 6) is 0. The van der Waals surface area contributed by atoms with Crippen molar-refractivity contribution >= 4 is 21.4 Å². The smallest absolute Gasteiger partial charge is 0.310 e. The van der Waals surface area contributed by atoms with E-state index >= 15 is 0 Å². The summed E-state index contributed by atoms with van der Waals surface area (Å²) >= 11 is 1.05. The van der Waals surface area contributed by atoms with Gasteiger partial charge in [-0.25, -0.2) is 13.1 Å². The van der Waals surface area contributed by atoms with Gasteiger partial charge >= 0.3 is 6.18 Å². The molecule has 0 aliphatic heterocycles. The summed E-state index contributed by atoms with van der Waals surface area (Å²) in [4.78, 5) is 0.813. The van der Waals surface area contributed by atoms with E-state index in [-0.39, 0.29) is 10.3 Å². The first-order chi connectivity index (χ1) is 9.49. The zero-order valence-corrected chi connectivity index (χ0v) is 13.6. The van der Waals surface area contributed by atoms with Crippen molar-refractivity contribution in [2.24, 2.45) is 0 Å². The minimum Gasteiger partial charge on any atom is -0.310 e. The highest BCUT2D eigenvalue weighted by Gasteiger charge is 2.32. The van der Waals surface area contributed by atoms with Crippen LogP contribution < -0.4 is 10.0 Å². The summed E-state index contributed by atoms with van der Waals surface area (Å²) in [5, 5.41) is 3.14. The molecule has 0 bridgehead atoms. The fourth-order valence-corrected chi connectivity index (χ4v) is 4.18. The van der Waals surface area contributed by atoms with Crippen molar-refractivity contribution in [2.75, 3.05) is 0 Å². The second kappa shape index (κ2) is 7.08. The van der Waals surface area contributed by atoms with Crippen LogP contribution in [0.25, 0.3) is 0 Å². The average Bonchev–Trinajstić information content (AvgIpc) is 2.71. The third-order valence-corrected chi connectivity index (χ3v) is 5.65. The molecule has 1 unspecified atom stereocenters. The predicted molar refractivity (Wildman–Crippen MR) is 76.8 cm³/mol. The maximum absolute atomic E-state index is 12.2. The lowest BCUT2D eigenvalue weighted by molar-refractivity contribution is -0.137. The lowest BCUT2D eigenvalue weighted by Gasteiger charge is -2.15. The molecule has 1 rings (SSSR count). The maximum atomic E-state index is 12.2. The summed E-state index contributed by atoms with van der Waals surface area (Å²) in [6, 6.07) is 2.12. The third kappa shape index (κ3) is 6.77. The van der Waals surface area contributed by atoms with E-state index in [0.717, 1.165) is 16.2 Å². The van der Waals surface area contributed by atoms with Gasteiger partial charge in [0, 0.05) is 23.5 Å². The Hall–Kier alpha value is -0.640. The Balaban J connectivity index is 2.70. The van der Waals surface area contributed by atoms with Crippen LogP contribution in [0.15, 0.2) is 16.3 Å². The second-order valence-corrected chi connectivity index (χ2v) is 8.21. The Kier molecular flexibility index (Phi) is 6.21. The van der Waals surface area contributed by atoms with Gasteiger partial charge < -0.3 is 5.32 Å². The van der Waals surface area contributed by atoms with Crippen molar-refractivity contribution in [1.29, 1.82) is 0 Å². The molecule has 1 aromatic heterocycles. The topological polar surface area (TPSA) is 58.2 Å². The highest BCUT2D eigenvalue weighted by atomic mass is 32.2. The summed E-state index contributed by atoms with van der Waals surface area (Å²) in [5.41, 5.74) is 0. The van der Waals surface area contributed by atoms with Crippen LogP contribution in [0, 0.1) is 0 Å². The normalized spacial score (nSPS) is 14.6. The number of thiophene rings is 1. The van der Waals surface area contributed by atoms with Gasteiger partial charge in [0.2, 0.25) is 10.0 Å². The molecule has 122 valence electrons. The van der Waals surface area contributed by atoms with Gasteiger partial charge in [-0.05, 0) is 19.1 Å². The fraction of sp³-hybridized carbons (Fsp3) is 0.667. The first-order valence-electron chi connectivity index (χ1n) is 6.41. The Morgan fingerprint density at radius 2 is 1.86 bits per heavy atom. The first kappa shape index (κ1) is 18.4. The average molecular weight is 344 g/mol. The molecule has 1 atom stereocenters. The number of sulfonamides is 1. The van der Waals surface area contributed by atoms with Crippen LogP contribution in [0.1, 0.15) is 32.1 Å². The molecule has 0 radical (unpaired) electrons. The second-order valence-electron chi connectivity index (χ2n) is 5.10. The lowest BCUT2D eigenvalue weighted by atomic mass is 10.2. The number of hydrogen-bond acceptors (Lipinski definition) is 4. The van der Waals surface area contributed by atoms with Crippen LogP contribution in [-0.4, -0.2) is 26.7 Å². The van der Waals surface area contributed by atoms with Gasteiger partial charge in [0.15, 0.2) is 0 Å². The Labute approximate surface area is 126 Å². The van der Waals surface area contributed by atoms with Crippen LogP contribution in [0.4, 0.5) is 13.2 Å². The van der Waals surface area contributed by atoms with Crippen LogP contribution in [0.5, 0.6) is 0 Å². The van der Waals surface area contributed by atoms with Gasteiger partial charge in [0.25, 0.3) is 0 Å². The first-order valence-corrected chi connectivity index (χ1v) is 8.71. The SMILES string of the molecule is CC(C)NCc1ccc(S(=O)(=O)NC(C)CC(F)(F)F)s1.